The number of hydrogen-bond donors (Lipinski definition) is 2. The summed E-state index contributed by atoms with van der Waals surface area (Å²) in [6.45, 7) is 2.18. The maximum absolute atomic E-state index is 5.39. The minimum absolute atomic E-state index is 0.251. The van der Waals surface area contributed by atoms with Gasteiger partial charge in [-0.05, 0) is 43.3 Å². The molecule has 0 saturated carbocycles. The Balaban J connectivity index is 1.56. The minimum atomic E-state index is 0.251. The van der Waals surface area contributed by atoms with Crippen LogP contribution in [0.1, 0.15) is 5.69 Å². The first-order valence-electron chi connectivity index (χ1n) is 7.71. The Morgan fingerprint density at radius 1 is 0.880 bits per heavy atom. The van der Waals surface area contributed by atoms with E-state index in [4.69, 9.17) is 9.47 Å². The fraction of sp³-hybridized carbons (Fsp3) is 0.111. The number of nitrogens with zero attached hydrogens (tertiary/aromatic N) is 2. The molecule has 3 aromatic rings. The summed E-state index contributed by atoms with van der Waals surface area (Å²) in [5, 5.41) is 6.49. The van der Waals surface area contributed by atoms with Gasteiger partial charge in [0.1, 0.15) is 5.82 Å². The molecule has 0 fully saturated rings. The molecule has 0 amide bonds. The molecular weight excluding hydrogens is 384 g/mol. The zero-order chi connectivity index (χ0) is 17.2. The van der Waals surface area contributed by atoms with Crippen LogP contribution in [0.4, 0.5) is 23.1 Å². The highest BCUT2D eigenvalue weighted by Gasteiger charge is 2.13. The molecular formula is C18H15BrN4O2. The van der Waals surface area contributed by atoms with Crippen LogP contribution in [-0.4, -0.2) is 16.8 Å². The Morgan fingerprint density at radius 3 is 2.48 bits per heavy atom. The van der Waals surface area contributed by atoms with Gasteiger partial charge in [-0.25, -0.2) is 4.98 Å². The smallest absolute Gasteiger partial charge is 0.231 e. The Hall–Kier alpha value is -2.80. The summed E-state index contributed by atoms with van der Waals surface area (Å²) in [6.07, 6.45) is 0. The number of nitrogens with one attached hydrogen (secondary N) is 2. The van der Waals surface area contributed by atoms with Crippen molar-refractivity contribution >= 4 is 39.1 Å². The van der Waals surface area contributed by atoms with Gasteiger partial charge in [-0.3, -0.25) is 0 Å². The van der Waals surface area contributed by atoms with E-state index in [9.17, 15) is 0 Å². The fourth-order valence-electron chi connectivity index (χ4n) is 2.47. The Bertz CT molecular complexity index is 915. The van der Waals surface area contributed by atoms with Crippen molar-refractivity contribution in [2.45, 2.75) is 6.92 Å². The molecule has 0 unspecified atom stereocenters. The normalized spacial score (nSPS) is 12.1. The number of hydrogen-bond acceptors (Lipinski definition) is 6. The first-order valence-corrected chi connectivity index (χ1v) is 8.50. The van der Waals surface area contributed by atoms with Gasteiger partial charge in [-0.1, -0.05) is 15.9 Å². The van der Waals surface area contributed by atoms with E-state index < -0.39 is 0 Å². The van der Waals surface area contributed by atoms with E-state index in [0.29, 0.717) is 11.7 Å². The van der Waals surface area contributed by atoms with Crippen molar-refractivity contribution in [1.82, 2.24) is 9.97 Å². The highest BCUT2D eigenvalue weighted by Crippen LogP contribution is 2.34. The van der Waals surface area contributed by atoms with E-state index in [2.05, 4.69) is 36.5 Å². The predicted octanol–water partition coefficient (Wildman–Crippen LogP) is 4.76. The molecule has 4 rings (SSSR count). The molecule has 7 heteroatoms. The van der Waals surface area contributed by atoms with E-state index in [0.717, 1.165) is 33.1 Å². The third-order valence-electron chi connectivity index (χ3n) is 3.60. The van der Waals surface area contributed by atoms with Crippen molar-refractivity contribution in [2.75, 3.05) is 17.4 Å². The minimum Gasteiger partial charge on any atom is -0.454 e. The summed E-state index contributed by atoms with van der Waals surface area (Å²) < 4.78 is 11.7. The van der Waals surface area contributed by atoms with Gasteiger partial charge >= 0.3 is 0 Å². The maximum atomic E-state index is 5.39. The summed E-state index contributed by atoms with van der Waals surface area (Å²) in [7, 11) is 0. The van der Waals surface area contributed by atoms with Crippen molar-refractivity contribution in [3.8, 4) is 11.5 Å². The zero-order valence-corrected chi connectivity index (χ0v) is 15.0. The van der Waals surface area contributed by atoms with Crippen LogP contribution in [0.5, 0.6) is 11.5 Å². The molecule has 0 atom stereocenters. The second-order valence-corrected chi connectivity index (χ2v) is 6.46. The number of rotatable bonds is 4. The molecule has 0 saturated heterocycles. The molecule has 2 aromatic carbocycles. The molecule has 0 bridgehead atoms. The highest BCUT2D eigenvalue weighted by molar-refractivity contribution is 9.10. The van der Waals surface area contributed by atoms with E-state index in [1.54, 1.807) is 0 Å². The molecule has 1 aliphatic rings. The lowest BCUT2D eigenvalue weighted by Crippen LogP contribution is -2.02. The maximum Gasteiger partial charge on any atom is 0.231 e. The van der Waals surface area contributed by atoms with Crippen molar-refractivity contribution in [3.63, 3.8) is 0 Å². The van der Waals surface area contributed by atoms with Crippen molar-refractivity contribution in [1.29, 1.82) is 0 Å². The second-order valence-electron chi connectivity index (χ2n) is 5.54. The number of anilines is 4. The quantitative estimate of drug-likeness (QED) is 0.659. The van der Waals surface area contributed by atoms with Crippen molar-refractivity contribution in [2.24, 2.45) is 0 Å². The van der Waals surface area contributed by atoms with Gasteiger partial charge in [0.05, 0.1) is 0 Å². The molecule has 25 heavy (non-hydrogen) atoms. The lowest BCUT2D eigenvalue weighted by atomic mass is 10.3. The Kier molecular flexibility index (Phi) is 4.15. The molecule has 1 aliphatic heterocycles. The number of ether oxygens (including phenoxy) is 2. The van der Waals surface area contributed by atoms with E-state index >= 15 is 0 Å². The Labute approximate surface area is 153 Å². The van der Waals surface area contributed by atoms with Crippen LogP contribution < -0.4 is 20.1 Å². The van der Waals surface area contributed by atoms with Crippen molar-refractivity contribution < 1.29 is 9.47 Å². The van der Waals surface area contributed by atoms with E-state index in [-0.39, 0.29) is 6.79 Å². The van der Waals surface area contributed by atoms with Crippen LogP contribution in [-0.2, 0) is 0 Å². The zero-order valence-electron chi connectivity index (χ0n) is 13.4. The molecule has 0 radical (unpaired) electrons. The first-order chi connectivity index (χ1) is 12.2. The average Bonchev–Trinajstić information content (AvgIpc) is 3.04. The number of aryl methyl sites for hydroxylation is 1. The largest absolute Gasteiger partial charge is 0.454 e. The average molecular weight is 399 g/mol. The van der Waals surface area contributed by atoms with Gasteiger partial charge in [0, 0.05) is 33.7 Å². The number of halogens is 1. The van der Waals surface area contributed by atoms with Crippen LogP contribution in [0.25, 0.3) is 0 Å². The number of aromatic nitrogens is 2. The van der Waals surface area contributed by atoms with E-state index in [1.165, 1.54) is 0 Å². The lowest BCUT2D eigenvalue weighted by Gasteiger charge is -2.10. The van der Waals surface area contributed by atoms with Crippen LogP contribution >= 0.6 is 15.9 Å². The molecule has 0 aliphatic carbocycles. The summed E-state index contributed by atoms with van der Waals surface area (Å²) in [6, 6.07) is 15.4. The van der Waals surface area contributed by atoms with Crippen LogP contribution in [0, 0.1) is 6.92 Å². The van der Waals surface area contributed by atoms with Crippen LogP contribution in [0.15, 0.2) is 53.0 Å². The van der Waals surface area contributed by atoms with Gasteiger partial charge in [-0.15, -0.1) is 0 Å². The number of benzene rings is 2. The van der Waals surface area contributed by atoms with Gasteiger partial charge < -0.3 is 20.1 Å². The topological polar surface area (TPSA) is 68.3 Å². The molecule has 0 spiro atoms. The summed E-state index contributed by atoms with van der Waals surface area (Å²) in [5.74, 6) is 2.69. The standard InChI is InChI=1S/C18H15BrN4O2/c1-11-8-17(21-13-4-2-12(19)3-5-13)23-18(20-11)22-14-6-7-15-16(9-14)25-10-24-15/h2-9H,10H2,1H3,(H2,20,21,22,23). The molecule has 2 N–H and O–H groups in total. The summed E-state index contributed by atoms with van der Waals surface area (Å²) in [4.78, 5) is 8.96. The third kappa shape index (κ3) is 3.66. The monoisotopic (exact) mass is 398 g/mol. The van der Waals surface area contributed by atoms with Crippen LogP contribution in [0.3, 0.4) is 0 Å². The second kappa shape index (κ2) is 6.60. The fourth-order valence-corrected chi connectivity index (χ4v) is 2.74. The lowest BCUT2D eigenvalue weighted by molar-refractivity contribution is 0.174. The molecule has 2 heterocycles. The summed E-state index contributed by atoms with van der Waals surface area (Å²) >= 11 is 3.43. The third-order valence-corrected chi connectivity index (χ3v) is 4.13. The Morgan fingerprint density at radius 2 is 1.64 bits per heavy atom. The number of fused-ring (bicyclic) bond motifs is 1. The van der Waals surface area contributed by atoms with Gasteiger partial charge in [-0.2, -0.15) is 4.98 Å². The molecule has 126 valence electrons. The molecule has 6 nitrogen and oxygen atoms in total. The van der Waals surface area contributed by atoms with Gasteiger partial charge in [0.15, 0.2) is 11.5 Å². The summed E-state index contributed by atoms with van der Waals surface area (Å²) in [5.41, 5.74) is 2.65. The molecule has 1 aromatic heterocycles. The first kappa shape index (κ1) is 15.7. The van der Waals surface area contributed by atoms with E-state index in [1.807, 2.05) is 55.5 Å². The van der Waals surface area contributed by atoms with Crippen molar-refractivity contribution in [3.05, 3.63) is 58.7 Å². The predicted molar refractivity (Wildman–Crippen MR) is 100 cm³/mol. The SMILES string of the molecule is Cc1cc(Nc2ccc(Br)cc2)nc(Nc2ccc3c(c2)OCO3)n1. The highest BCUT2D eigenvalue weighted by atomic mass is 79.9. The van der Waals surface area contributed by atoms with Gasteiger partial charge in [0.25, 0.3) is 0 Å². The van der Waals surface area contributed by atoms with Gasteiger partial charge in [0.2, 0.25) is 12.7 Å². The van der Waals surface area contributed by atoms with Crippen LogP contribution in [0.2, 0.25) is 0 Å².